The predicted molar refractivity (Wildman–Crippen MR) is 102 cm³/mol. The van der Waals surface area contributed by atoms with Crippen molar-refractivity contribution in [1.82, 2.24) is 10.2 Å². The third-order valence-electron chi connectivity index (χ3n) is 4.93. The molecule has 25 heavy (non-hydrogen) atoms. The van der Waals surface area contributed by atoms with E-state index in [0.29, 0.717) is 12.3 Å². The lowest BCUT2D eigenvalue weighted by molar-refractivity contribution is -0.139. The molecule has 0 aromatic heterocycles. The number of nitrogens with zero attached hydrogens (tertiary/aromatic N) is 1. The van der Waals surface area contributed by atoms with E-state index in [1.54, 1.807) is 13.8 Å². The lowest BCUT2D eigenvalue weighted by atomic mass is 9.93. The Labute approximate surface area is 155 Å². The van der Waals surface area contributed by atoms with Crippen LogP contribution in [0.15, 0.2) is 30.3 Å². The minimum absolute atomic E-state index is 0.00877. The van der Waals surface area contributed by atoms with Gasteiger partial charge < -0.3 is 10.2 Å². The van der Waals surface area contributed by atoms with E-state index in [9.17, 15) is 9.59 Å². The van der Waals surface area contributed by atoms with Gasteiger partial charge in [0.1, 0.15) is 6.04 Å². The van der Waals surface area contributed by atoms with Crippen LogP contribution in [0.5, 0.6) is 0 Å². The van der Waals surface area contributed by atoms with E-state index in [4.69, 9.17) is 11.6 Å². The van der Waals surface area contributed by atoms with Gasteiger partial charge in [0, 0.05) is 25.4 Å². The fraction of sp³-hybridized carbons (Fsp3) is 0.600. The molecule has 4 nitrogen and oxygen atoms in total. The first-order chi connectivity index (χ1) is 11.8. The van der Waals surface area contributed by atoms with Crippen molar-refractivity contribution in [3.05, 3.63) is 35.9 Å². The van der Waals surface area contributed by atoms with Crippen LogP contribution in [0.3, 0.4) is 0 Å². The summed E-state index contributed by atoms with van der Waals surface area (Å²) < 4.78 is 0. The van der Waals surface area contributed by atoms with Gasteiger partial charge in [-0.1, -0.05) is 37.3 Å². The van der Waals surface area contributed by atoms with E-state index >= 15 is 0 Å². The summed E-state index contributed by atoms with van der Waals surface area (Å²) in [6.07, 6.45) is 2.53. The zero-order valence-electron chi connectivity index (χ0n) is 15.4. The van der Waals surface area contributed by atoms with Gasteiger partial charge in [-0.2, -0.15) is 0 Å². The van der Waals surface area contributed by atoms with Crippen molar-refractivity contribution in [2.75, 3.05) is 19.0 Å². The Morgan fingerprint density at radius 2 is 1.84 bits per heavy atom. The maximum absolute atomic E-state index is 13.0. The monoisotopic (exact) mass is 364 g/mol. The highest BCUT2D eigenvalue weighted by Crippen LogP contribution is 2.20. The van der Waals surface area contributed by atoms with Gasteiger partial charge in [-0.05, 0) is 38.2 Å². The minimum Gasteiger partial charge on any atom is -0.343 e. The Morgan fingerprint density at radius 3 is 2.40 bits per heavy atom. The Morgan fingerprint density at radius 1 is 1.24 bits per heavy atom. The predicted octanol–water partition coefficient (Wildman–Crippen LogP) is 3.24. The lowest BCUT2D eigenvalue weighted by Crippen LogP contribution is -2.54. The average molecular weight is 365 g/mol. The molecule has 1 aromatic carbocycles. The number of hydrogen-bond donors (Lipinski definition) is 1. The lowest BCUT2D eigenvalue weighted by Gasteiger charge is -2.34. The molecule has 0 spiro atoms. The Balaban J connectivity index is 2.13. The Bertz CT molecular complexity index is 581. The van der Waals surface area contributed by atoms with Gasteiger partial charge in [0.15, 0.2) is 0 Å². The molecule has 5 heteroatoms. The number of alkyl halides is 1. The van der Waals surface area contributed by atoms with E-state index in [-0.39, 0.29) is 17.7 Å². The van der Waals surface area contributed by atoms with Gasteiger partial charge in [-0.15, -0.1) is 11.6 Å². The SMILES string of the molecule is CC1CCN(C(=O)C(Cc2ccccc2)NC(=O)C(C)(C)CCl)CC1. The molecule has 0 aliphatic carbocycles. The van der Waals surface area contributed by atoms with Crippen molar-refractivity contribution in [2.24, 2.45) is 11.3 Å². The van der Waals surface area contributed by atoms with Crippen molar-refractivity contribution in [3.8, 4) is 0 Å². The van der Waals surface area contributed by atoms with Crippen molar-refractivity contribution >= 4 is 23.4 Å². The molecule has 1 aromatic rings. The molecule has 2 rings (SSSR count). The highest BCUT2D eigenvalue weighted by Gasteiger charge is 2.33. The minimum atomic E-state index is -0.701. The molecule has 1 N–H and O–H groups in total. The van der Waals surface area contributed by atoms with E-state index < -0.39 is 11.5 Å². The van der Waals surface area contributed by atoms with Crippen LogP contribution in [0.4, 0.5) is 0 Å². The largest absolute Gasteiger partial charge is 0.343 e. The zero-order chi connectivity index (χ0) is 18.4. The Kier molecular flexibility index (Phi) is 6.88. The molecule has 1 heterocycles. The van der Waals surface area contributed by atoms with Crippen LogP contribution in [0, 0.1) is 11.3 Å². The molecule has 0 bridgehead atoms. The number of benzene rings is 1. The van der Waals surface area contributed by atoms with Gasteiger partial charge in [0.05, 0.1) is 5.41 Å². The number of carbonyl (C=O) groups excluding carboxylic acids is 2. The van der Waals surface area contributed by atoms with Crippen LogP contribution in [0.2, 0.25) is 0 Å². The molecule has 0 radical (unpaired) electrons. The standard InChI is InChI=1S/C20H29ClN2O2/c1-15-9-11-23(12-10-15)18(24)17(13-16-7-5-4-6-8-16)22-19(25)20(2,3)14-21/h4-8,15,17H,9-14H2,1-3H3,(H,22,25). The summed E-state index contributed by atoms with van der Waals surface area (Å²) in [6, 6.07) is 9.26. The normalized spacial score (nSPS) is 17.2. The van der Waals surface area contributed by atoms with Crippen molar-refractivity contribution < 1.29 is 9.59 Å². The Hall–Kier alpha value is -1.55. The van der Waals surface area contributed by atoms with Gasteiger partial charge >= 0.3 is 0 Å². The molecule has 1 unspecified atom stereocenters. The third-order valence-corrected chi connectivity index (χ3v) is 5.60. The first-order valence-electron chi connectivity index (χ1n) is 9.03. The summed E-state index contributed by atoms with van der Waals surface area (Å²) >= 11 is 5.92. The third kappa shape index (κ3) is 5.46. The number of likely N-dealkylation sites (tertiary alicyclic amines) is 1. The highest BCUT2D eigenvalue weighted by atomic mass is 35.5. The summed E-state index contributed by atoms with van der Waals surface area (Å²) in [6.45, 7) is 7.33. The molecule has 0 saturated carbocycles. The van der Waals surface area contributed by atoms with Crippen LogP contribution < -0.4 is 5.32 Å². The summed E-state index contributed by atoms with van der Waals surface area (Å²) in [5, 5.41) is 2.95. The molecular formula is C20H29ClN2O2. The van der Waals surface area contributed by atoms with Crippen LogP contribution in [-0.4, -0.2) is 41.7 Å². The number of amides is 2. The number of hydrogen-bond acceptors (Lipinski definition) is 2. The molecule has 1 atom stereocenters. The molecule has 138 valence electrons. The molecule has 1 aliphatic heterocycles. The van der Waals surface area contributed by atoms with Gasteiger partial charge in [0.2, 0.25) is 11.8 Å². The smallest absolute Gasteiger partial charge is 0.245 e. The number of piperidine rings is 1. The second-order valence-corrected chi connectivity index (χ2v) is 8.01. The average Bonchev–Trinajstić information content (AvgIpc) is 2.62. The van der Waals surface area contributed by atoms with E-state index in [1.807, 2.05) is 35.2 Å². The first kappa shape index (κ1) is 19.8. The topological polar surface area (TPSA) is 49.4 Å². The fourth-order valence-electron chi connectivity index (χ4n) is 2.91. The maximum Gasteiger partial charge on any atom is 0.245 e. The van der Waals surface area contributed by atoms with Crippen molar-refractivity contribution in [1.29, 1.82) is 0 Å². The quantitative estimate of drug-likeness (QED) is 0.788. The summed E-state index contributed by atoms with van der Waals surface area (Å²) in [4.78, 5) is 27.5. The van der Waals surface area contributed by atoms with Gasteiger partial charge in [-0.25, -0.2) is 0 Å². The van der Waals surface area contributed by atoms with E-state index in [2.05, 4.69) is 12.2 Å². The van der Waals surface area contributed by atoms with Crippen molar-refractivity contribution in [2.45, 2.75) is 46.1 Å². The van der Waals surface area contributed by atoms with Crippen LogP contribution >= 0.6 is 11.6 Å². The highest BCUT2D eigenvalue weighted by molar-refractivity contribution is 6.19. The fourth-order valence-corrected chi connectivity index (χ4v) is 3.03. The summed E-state index contributed by atoms with van der Waals surface area (Å²) in [7, 11) is 0. The maximum atomic E-state index is 13.0. The van der Waals surface area contributed by atoms with Gasteiger partial charge in [-0.3, -0.25) is 9.59 Å². The second-order valence-electron chi connectivity index (χ2n) is 7.74. The number of rotatable bonds is 6. The molecule has 1 fully saturated rings. The molecular weight excluding hydrogens is 336 g/mol. The molecule has 1 saturated heterocycles. The molecule has 1 aliphatic rings. The second kappa shape index (κ2) is 8.70. The number of carbonyl (C=O) groups is 2. The summed E-state index contributed by atoms with van der Waals surface area (Å²) in [5.41, 5.74) is 0.336. The van der Waals surface area contributed by atoms with Crippen molar-refractivity contribution in [3.63, 3.8) is 0 Å². The van der Waals surface area contributed by atoms with Crippen LogP contribution in [0.1, 0.15) is 39.2 Å². The number of nitrogens with one attached hydrogen (secondary N) is 1. The van der Waals surface area contributed by atoms with E-state index in [0.717, 1.165) is 31.5 Å². The molecule has 2 amide bonds. The van der Waals surface area contributed by atoms with E-state index in [1.165, 1.54) is 0 Å². The van der Waals surface area contributed by atoms with Crippen LogP contribution in [0.25, 0.3) is 0 Å². The van der Waals surface area contributed by atoms with Crippen LogP contribution in [-0.2, 0) is 16.0 Å². The zero-order valence-corrected chi connectivity index (χ0v) is 16.2. The van der Waals surface area contributed by atoms with Gasteiger partial charge in [0.25, 0.3) is 0 Å². The first-order valence-corrected chi connectivity index (χ1v) is 9.56. The summed E-state index contributed by atoms with van der Waals surface area (Å²) in [5.74, 6) is 0.699. The number of halogens is 1.